The van der Waals surface area contributed by atoms with E-state index < -0.39 is 55.5 Å². The van der Waals surface area contributed by atoms with Gasteiger partial charge in [0, 0.05) is 18.5 Å². The van der Waals surface area contributed by atoms with Crippen LogP contribution in [0.25, 0.3) is 5.69 Å². The molecule has 2 atom stereocenters. The number of rotatable bonds is 6. The summed E-state index contributed by atoms with van der Waals surface area (Å²) in [5, 5.41) is 3.12. The van der Waals surface area contributed by atoms with Crippen LogP contribution in [0.1, 0.15) is 42.0 Å². The number of anilines is 1. The zero-order valence-electron chi connectivity index (χ0n) is 20.9. The third kappa shape index (κ3) is 5.16. The van der Waals surface area contributed by atoms with Crippen molar-refractivity contribution >= 4 is 21.6 Å². The highest BCUT2D eigenvalue weighted by Gasteiger charge is 2.48. The van der Waals surface area contributed by atoms with Gasteiger partial charge in [0.15, 0.2) is 9.84 Å². The van der Waals surface area contributed by atoms with Gasteiger partial charge in [-0.1, -0.05) is 12.1 Å². The summed E-state index contributed by atoms with van der Waals surface area (Å²) in [6, 6.07) is 8.42. The number of carbonyl (C=O) groups excluding carboxylic acids is 1. The third-order valence-electron chi connectivity index (χ3n) is 7.11. The van der Waals surface area contributed by atoms with E-state index in [9.17, 15) is 39.6 Å². The van der Waals surface area contributed by atoms with Gasteiger partial charge in [0.2, 0.25) is 0 Å². The molecule has 40 heavy (non-hydrogen) atoms. The van der Waals surface area contributed by atoms with E-state index in [0.717, 1.165) is 44.2 Å². The number of carbonyl (C=O) groups is 1. The molecular formula is C26H23F6N3O4S. The molecule has 214 valence electrons. The monoisotopic (exact) mass is 587 g/mol. The maximum absolute atomic E-state index is 13.7. The summed E-state index contributed by atoms with van der Waals surface area (Å²) in [6.07, 6.45) is -8.20. The molecule has 1 aliphatic carbocycles. The first-order valence-corrected chi connectivity index (χ1v) is 13.8. The minimum absolute atomic E-state index is 0.0896. The van der Waals surface area contributed by atoms with Crippen LogP contribution >= 0.6 is 0 Å². The van der Waals surface area contributed by atoms with Gasteiger partial charge in [-0.05, 0) is 55.7 Å². The minimum Gasteiger partial charge on any atom is -0.467 e. The molecule has 14 heteroatoms. The van der Waals surface area contributed by atoms with Crippen molar-refractivity contribution in [1.82, 2.24) is 9.78 Å². The van der Waals surface area contributed by atoms with Gasteiger partial charge in [-0.15, -0.1) is 0 Å². The Labute approximate surface area is 225 Å². The van der Waals surface area contributed by atoms with E-state index in [-0.39, 0.29) is 30.4 Å². The Morgan fingerprint density at radius 1 is 0.975 bits per heavy atom. The van der Waals surface area contributed by atoms with Gasteiger partial charge in [0.25, 0.3) is 0 Å². The number of sulfone groups is 1. The zero-order chi connectivity index (χ0) is 29.0. The first kappa shape index (κ1) is 28.0. The normalized spacial score (nSPS) is 20.1. The molecule has 7 nitrogen and oxygen atoms in total. The number of hydrogen-bond donors (Lipinski definition) is 0. The Balaban J connectivity index is 1.57. The van der Waals surface area contributed by atoms with Crippen molar-refractivity contribution in [1.29, 1.82) is 0 Å². The lowest BCUT2D eigenvalue weighted by atomic mass is 10.2. The van der Waals surface area contributed by atoms with Gasteiger partial charge < -0.3 is 9.64 Å². The van der Waals surface area contributed by atoms with Crippen molar-refractivity contribution in [3.63, 3.8) is 0 Å². The van der Waals surface area contributed by atoms with Gasteiger partial charge in [-0.25, -0.2) is 17.9 Å². The Morgan fingerprint density at radius 2 is 1.62 bits per heavy atom. The molecule has 5 rings (SSSR count). The van der Waals surface area contributed by atoms with Crippen LogP contribution in [0.5, 0.6) is 0 Å². The summed E-state index contributed by atoms with van der Waals surface area (Å²) >= 11 is 0. The Bertz CT molecular complexity index is 1530. The highest BCUT2D eigenvalue weighted by molar-refractivity contribution is 7.92. The average molecular weight is 588 g/mol. The molecule has 0 unspecified atom stereocenters. The summed E-state index contributed by atoms with van der Waals surface area (Å²) in [7, 11) is -3.49. The Morgan fingerprint density at radius 3 is 2.20 bits per heavy atom. The minimum atomic E-state index is -4.93. The predicted octanol–water partition coefficient (Wildman–Crippen LogP) is 5.38. The van der Waals surface area contributed by atoms with Gasteiger partial charge in [-0.2, -0.15) is 31.4 Å². The lowest BCUT2D eigenvalue weighted by Gasteiger charge is -2.25. The molecular weight excluding hydrogens is 564 g/mol. The second-order valence-corrected chi connectivity index (χ2v) is 11.9. The summed E-state index contributed by atoms with van der Waals surface area (Å²) in [6.45, 7) is -0.370. The summed E-state index contributed by atoms with van der Waals surface area (Å²) < 4.78 is 114. The highest BCUT2D eigenvalue weighted by atomic mass is 32.2. The summed E-state index contributed by atoms with van der Waals surface area (Å²) in [4.78, 5) is 13.3. The summed E-state index contributed by atoms with van der Waals surface area (Å²) in [5.41, 5.74) is -1.36. The van der Waals surface area contributed by atoms with Crippen molar-refractivity contribution < 1.29 is 44.3 Å². The second kappa shape index (κ2) is 9.82. The van der Waals surface area contributed by atoms with Crippen LogP contribution in [0.15, 0.2) is 59.5 Å². The van der Waals surface area contributed by atoms with E-state index >= 15 is 0 Å². The van der Waals surface area contributed by atoms with Gasteiger partial charge in [-0.3, -0.25) is 0 Å². The van der Waals surface area contributed by atoms with Crippen LogP contribution in [0.4, 0.5) is 32.2 Å². The first-order chi connectivity index (χ1) is 18.7. The lowest BCUT2D eigenvalue weighted by molar-refractivity contribution is -0.142. The smallest absolute Gasteiger partial charge is 0.417 e. The SMILES string of the molecule is COC(=O)[C@@H]1C[C@@H](S(=O)(=O)c2ccccc2C(F)(F)F)CN1c1cc(C2CC2)nn1-c1ccc(C(F)(F)F)cc1. The topological polar surface area (TPSA) is 81.5 Å². The van der Waals surface area contributed by atoms with Crippen LogP contribution in [0.3, 0.4) is 0 Å². The van der Waals surface area contributed by atoms with Gasteiger partial charge >= 0.3 is 18.3 Å². The van der Waals surface area contributed by atoms with Crippen LogP contribution in [0.2, 0.25) is 0 Å². The van der Waals surface area contributed by atoms with Crippen LogP contribution in [-0.4, -0.2) is 49.1 Å². The molecule has 2 heterocycles. The molecule has 2 aliphatic rings. The molecule has 1 aliphatic heterocycles. The largest absolute Gasteiger partial charge is 0.467 e. The lowest BCUT2D eigenvalue weighted by Crippen LogP contribution is -2.38. The van der Waals surface area contributed by atoms with Crippen LogP contribution in [-0.2, 0) is 31.7 Å². The maximum Gasteiger partial charge on any atom is 0.417 e. The number of benzene rings is 2. The summed E-state index contributed by atoms with van der Waals surface area (Å²) in [5.74, 6) is -0.499. The number of esters is 1. The molecule has 1 saturated heterocycles. The molecule has 2 fully saturated rings. The van der Waals surface area contributed by atoms with Gasteiger partial charge in [0.1, 0.15) is 11.9 Å². The van der Waals surface area contributed by atoms with E-state index in [4.69, 9.17) is 4.74 Å². The van der Waals surface area contributed by atoms with Crippen molar-refractivity contribution in [3.05, 3.63) is 71.4 Å². The van der Waals surface area contributed by atoms with E-state index in [1.165, 1.54) is 27.8 Å². The molecule has 0 spiro atoms. The molecule has 1 saturated carbocycles. The fourth-order valence-corrected chi connectivity index (χ4v) is 6.83. The van der Waals surface area contributed by atoms with E-state index in [1.54, 1.807) is 6.07 Å². The molecule has 1 aromatic heterocycles. The quantitative estimate of drug-likeness (QED) is 0.285. The third-order valence-corrected chi connectivity index (χ3v) is 9.30. The standard InChI is InChI=1S/C26H23F6N3O4S/c1-39-24(36)21-12-18(40(37,38)22-5-3-2-4-19(22)26(30,31)32)14-34(21)23-13-20(15-6-7-15)33-35(23)17-10-8-16(9-11-17)25(27,28)29/h2-5,8-11,13,15,18,21H,6-7,12,14H2,1H3/t18-,21+/m1/s1. The number of ether oxygens (including phenoxy) is 1. The predicted molar refractivity (Wildman–Crippen MR) is 131 cm³/mol. The number of nitrogens with zero attached hydrogens (tertiary/aromatic N) is 3. The fraction of sp³-hybridized carbons (Fsp3) is 0.385. The zero-order valence-corrected chi connectivity index (χ0v) is 21.7. The average Bonchev–Trinajstić information content (AvgIpc) is 3.49. The fourth-order valence-electron chi connectivity index (χ4n) is 4.92. The Hall–Kier alpha value is -3.55. The van der Waals surface area contributed by atoms with Crippen LogP contribution < -0.4 is 4.90 Å². The van der Waals surface area contributed by atoms with Crippen molar-refractivity contribution in [2.45, 2.75) is 53.7 Å². The molecule has 0 bridgehead atoms. The van der Waals surface area contributed by atoms with Gasteiger partial charge in [0.05, 0.1) is 39.8 Å². The second-order valence-electron chi connectivity index (χ2n) is 9.75. The molecule has 2 aromatic carbocycles. The van der Waals surface area contributed by atoms with E-state index in [1.807, 2.05) is 0 Å². The van der Waals surface area contributed by atoms with Crippen LogP contribution in [0, 0.1) is 0 Å². The number of aromatic nitrogens is 2. The van der Waals surface area contributed by atoms with Crippen molar-refractivity contribution in [3.8, 4) is 5.69 Å². The van der Waals surface area contributed by atoms with E-state index in [2.05, 4.69) is 5.10 Å². The maximum atomic E-state index is 13.7. The Kier molecular flexibility index (Phi) is 6.87. The van der Waals surface area contributed by atoms with E-state index in [0.29, 0.717) is 11.8 Å². The van der Waals surface area contributed by atoms with Crippen molar-refractivity contribution in [2.75, 3.05) is 18.6 Å². The number of halogens is 6. The number of hydrogen-bond acceptors (Lipinski definition) is 6. The molecule has 3 aromatic rings. The highest BCUT2D eigenvalue weighted by Crippen LogP contribution is 2.43. The number of alkyl halides is 6. The number of methoxy groups -OCH3 is 1. The van der Waals surface area contributed by atoms with Crippen molar-refractivity contribution in [2.24, 2.45) is 0 Å². The molecule has 0 N–H and O–H groups in total. The first-order valence-electron chi connectivity index (χ1n) is 12.2. The molecule has 0 radical (unpaired) electrons. The molecule has 0 amide bonds.